The average molecular weight is 383 g/mol. The molecule has 2 saturated carbocycles. The first-order valence-electron chi connectivity index (χ1n) is 8.81. The van der Waals surface area contributed by atoms with E-state index in [-0.39, 0.29) is 6.10 Å². The largest absolute Gasteiger partial charge is 0.393 e. The second kappa shape index (κ2) is 7.34. The lowest BCUT2D eigenvalue weighted by molar-refractivity contribution is 0.126. The summed E-state index contributed by atoms with van der Waals surface area (Å²) < 4.78 is 0.892. The second-order valence-electron chi connectivity index (χ2n) is 7.10. The van der Waals surface area contributed by atoms with E-state index in [1.807, 2.05) is 6.20 Å². The van der Waals surface area contributed by atoms with Crippen molar-refractivity contribution in [2.45, 2.75) is 70.4 Å². The molecule has 1 aromatic heterocycles. The summed E-state index contributed by atoms with van der Waals surface area (Å²) in [6, 6.07) is 0.381. The van der Waals surface area contributed by atoms with Crippen molar-refractivity contribution in [2.75, 3.05) is 17.2 Å². The van der Waals surface area contributed by atoms with Gasteiger partial charge in [0.2, 0.25) is 5.95 Å². The quantitative estimate of drug-likeness (QED) is 0.694. The highest BCUT2D eigenvalue weighted by molar-refractivity contribution is 9.10. The van der Waals surface area contributed by atoms with Gasteiger partial charge in [-0.05, 0) is 66.3 Å². The average Bonchev–Trinajstić information content (AvgIpc) is 2.52. The highest BCUT2D eigenvalue weighted by Crippen LogP contribution is 2.43. The van der Waals surface area contributed by atoms with Crippen LogP contribution < -0.4 is 10.6 Å². The number of nitrogens with one attached hydrogen (secondary N) is 2. The molecule has 6 heteroatoms. The van der Waals surface area contributed by atoms with Gasteiger partial charge in [0.05, 0.1) is 10.6 Å². The SMILES string of the molecule is CCC1(CNc2ncc(Br)c(N[C@H]3CC[C@H](O)CC3)n2)CCC1. The molecular weight excluding hydrogens is 356 g/mol. The highest BCUT2D eigenvalue weighted by Gasteiger charge is 2.34. The summed E-state index contributed by atoms with van der Waals surface area (Å²) in [6.45, 7) is 3.23. The van der Waals surface area contributed by atoms with Gasteiger partial charge in [0, 0.05) is 18.8 Å². The summed E-state index contributed by atoms with van der Waals surface area (Å²) in [4.78, 5) is 9.03. The van der Waals surface area contributed by atoms with Crippen molar-refractivity contribution >= 4 is 27.7 Å². The Morgan fingerprint density at radius 2 is 2.04 bits per heavy atom. The van der Waals surface area contributed by atoms with Crippen molar-refractivity contribution in [3.05, 3.63) is 10.7 Å². The van der Waals surface area contributed by atoms with E-state index in [0.29, 0.717) is 17.4 Å². The Morgan fingerprint density at radius 3 is 2.65 bits per heavy atom. The summed E-state index contributed by atoms with van der Waals surface area (Å²) >= 11 is 3.53. The summed E-state index contributed by atoms with van der Waals surface area (Å²) in [6.07, 6.45) is 10.6. The molecule has 2 fully saturated rings. The molecule has 0 aliphatic heterocycles. The van der Waals surface area contributed by atoms with Crippen LogP contribution in [0.1, 0.15) is 58.3 Å². The zero-order valence-corrected chi connectivity index (χ0v) is 15.4. The number of anilines is 2. The third-order valence-corrected chi connectivity index (χ3v) is 6.15. The minimum atomic E-state index is -0.133. The Bertz CT molecular complexity index is 522. The maximum absolute atomic E-state index is 9.62. The maximum Gasteiger partial charge on any atom is 0.224 e. The molecule has 2 aliphatic rings. The second-order valence-corrected chi connectivity index (χ2v) is 7.95. The molecule has 1 heterocycles. The first-order valence-corrected chi connectivity index (χ1v) is 9.60. The van der Waals surface area contributed by atoms with Crippen molar-refractivity contribution in [3.63, 3.8) is 0 Å². The molecule has 0 atom stereocenters. The lowest BCUT2D eigenvalue weighted by Gasteiger charge is -2.41. The van der Waals surface area contributed by atoms with E-state index in [1.165, 1.54) is 25.7 Å². The number of aliphatic hydroxyl groups excluding tert-OH is 1. The Morgan fingerprint density at radius 1 is 1.30 bits per heavy atom. The van der Waals surface area contributed by atoms with E-state index in [4.69, 9.17) is 0 Å². The molecule has 0 radical (unpaired) electrons. The third kappa shape index (κ3) is 4.15. The van der Waals surface area contributed by atoms with E-state index >= 15 is 0 Å². The van der Waals surface area contributed by atoms with Crippen molar-refractivity contribution in [2.24, 2.45) is 5.41 Å². The van der Waals surface area contributed by atoms with E-state index in [1.54, 1.807) is 0 Å². The van der Waals surface area contributed by atoms with Gasteiger partial charge in [-0.2, -0.15) is 4.98 Å². The van der Waals surface area contributed by atoms with Crippen LogP contribution in [0.2, 0.25) is 0 Å². The molecule has 0 unspecified atom stereocenters. The molecule has 1 aromatic rings. The van der Waals surface area contributed by atoms with Crippen LogP contribution in [0, 0.1) is 5.41 Å². The Kier molecular flexibility index (Phi) is 5.42. The Labute approximate surface area is 146 Å². The van der Waals surface area contributed by atoms with Crippen LogP contribution in [0.3, 0.4) is 0 Å². The molecule has 3 rings (SSSR count). The van der Waals surface area contributed by atoms with Gasteiger partial charge in [-0.25, -0.2) is 4.98 Å². The monoisotopic (exact) mass is 382 g/mol. The topological polar surface area (TPSA) is 70.1 Å². The predicted octanol–water partition coefficient (Wildman–Crippen LogP) is 3.95. The van der Waals surface area contributed by atoms with Crippen LogP contribution in [0.4, 0.5) is 11.8 Å². The first kappa shape index (κ1) is 17.0. The van der Waals surface area contributed by atoms with Gasteiger partial charge >= 0.3 is 0 Å². The molecule has 2 aliphatic carbocycles. The summed E-state index contributed by atoms with van der Waals surface area (Å²) in [5.74, 6) is 1.55. The van der Waals surface area contributed by atoms with Gasteiger partial charge in [-0.1, -0.05) is 13.3 Å². The lowest BCUT2D eigenvalue weighted by atomic mass is 9.67. The standard InChI is InChI=1S/C17H27BrN4O/c1-2-17(8-3-9-17)11-20-16-19-10-14(18)15(22-16)21-12-4-6-13(23)7-5-12/h10,12-13,23H,2-9,11H2,1H3,(H2,19,20,21,22)/t12-,13-. The minimum absolute atomic E-state index is 0.133. The Balaban J connectivity index is 1.60. The number of aromatic nitrogens is 2. The maximum atomic E-state index is 9.62. The molecule has 0 amide bonds. The van der Waals surface area contributed by atoms with E-state index in [9.17, 15) is 5.11 Å². The van der Waals surface area contributed by atoms with Gasteiger partial charge in [-0.3, -0.25) is 0 Å². The highest BCUT2D eigenvalue weighted by atomic mass is 79.9. The fourth-order valence-electron chi connectivity index (χ4n) is 3.57. The van der Waals surface area contributed by atoms with Crippen molar-refractivity contribution in [1.29, 1.82) is 0 Å². The van der Waals surface area contributed by atoms with Crippen LogP contribution in [0.5, 0.6) is 0 Å². The number of aliphatic hydroxyl groups is 1. The summed E-state index contributed by atoms with van der Waals surface area (Å²) in [5.41, 5.74) is 0.448. The van der Waals surface area contributed by atoms with Crippen LogP contribution >= 0.6 is 15.9 Å². The number of halogens is 1. The predicted molar refractivity (Wildman–Crippen MR) is 96.7 cm³/mol. The number of hydrogen-bond donors (Lipinski definition) is 3. The molecule has 0 bridgehead atoms. The van der Waals surface area contributed by atoms with Gasteiger partial charge in [0.1, 0.15) is 5.82 Å². The smallest absolute Gasteiger partial charge is 0.224 e. The number of rotatable bonds is 6. The van der Waals surface area contributed by atoms with Crippen molar-refractivity contribution in [3.8, 4) is 0 Å². The zero-order valence-electron chi connectivity index (χ0n) is 13.8. The molecule has 23 heavy (non-hydrogen) atoms. The summed E-state index contributed by atoms with van der Waals surface area (Å²) in [7, 11) is 0. The zero-order chi connectivity index (χ0) is 16.3. The minimum Gasteiger partial charge on any atom is -0.393 e. The van der Waals surface area contributed by atoms with Crippen molar-refractivity contribution < 1.29 is 5.11 Å². The molecular formula is C17H27BrN4O. The van der Waals surface area contributed by atoms with Crippen LogP contribution in [-0.4, -0.2) is 33.8 Å². The molecule has 128 valence electrons. The summed E-state index contributed by atoms with van der Waals surface area (Å²) in [5, 5.41) is 16.5. The van der Waals surface area contributed by atoms with Crippen LogP contribution in [0.15, 0.2) is 10.7 Å². The van der Waals surface area contributed by atoms with Gasteiger partial charge in [-0.15, -0.1) is 0 Å². The fourth-order valence-corrected chi connectivity index (χ4v) is 3.87. The third-order valence-electron chi connectivity index (χ3n) is 5.57. The number of hydrogen-bond acceptors (Lipinski definition) is 5. The van der Waals surface area contributed by atoms with Crippen LogP contribution in [-0.2, 0) is 0 Å². The van der Waals surface area contributed by atoms with Gasteiger partial charge in [0.15, 0.2) is 0 Å². The Hall–Kier alpha value is -0.880. The fraction of sp³-hybridized carbons (Fsp3) is 0.765. The van der Waals surface area contributed by atoms with Gasteiger partial charge < -0.3 is 15.7 Å². The molecule has 0 aromatic carbocycles. The first-order chi connectivity index (χ1) is 11.1. The molecule has 5 nitrogen and oxygen atoms in total. The number of nitrogens with zero attached hydrogens (tertiary/aromatic N) is 2. The molecule has 0 spiro atoms. The van der Waals surface area contributed by atoms with Gasteiger partial charge in [0.25, 0.3) is 0 Å². The van der Waals surface area contributed by atoms with E-state index in [0.717, 1.165) is 42.5 Å². The van der Waals surface area contributed by atoms with Crippen molar-refractivity contribution in [1.82, 2.24) is 9.97 Å². The van der Waals surface area contributed by atoms with Crippen LogP contribution in [0.25, 0.3) is 0 Å². The van der Waals surface area contributed by atoms with E-state index < -0.39 is 0 Å². The molecule has 3 N–H and O–H groups in total. The van der Waals surface area contributed by atoms with E-state index in [2.05, 4.69) is 43.5 Å². The normalized spacial score (nSPS) is 26.4. The lowest BCUT2D eigenvalue weighted by Crippen LogP contribution is -2.36. The molecule has 0 saturated heterocycles.